The fourth-order valence-corrected chi connectivity index (χ4v) is 0.997. The van der Waals surface area contributed by atoms with Crippen LogP contribution in [0.5, 0.6) is 0 Å². The third-order valence-corrected chi connectivity index (χ3v) is 2.19. The van der Waals surface area contributed by atoms with Crippen molar-refractivity contribution in [2.24, 2.45) is 0 Å². The summed E-state index contributed by atoms with van der Waals surface area (Å²) < 4.78 is 0. The minimum atomic E-state index is 1.13. The summed E-state index contributed by atoms with van der Waals surface area (Å²) in [7, 11) is 4.20. The third-order valence-electron chi connectivity index (χ3n) is 2.19. The Morgan fingerprint density at radius 1 is 0.882 bits per heavy atom. The highest BCUT2D eigenvalue weighted by molar-refractivity contribution is 5.14. The summed E-state index contributed by atoms with van der Waals surface area (Å²) in [6.45, 7) is 9.49. The first-order valence-corrected chi connectivity index (χ1v) is 6.89. The molecule has 0 aliphatic carbocycles. The quantitative estimate of drug-likeness (QED) is 0.738. The molecule has 0 radical (unpaired) electrons. The van der Waals surface area contributed by atoms with E-state index in [4.69, 9.17) is 0 Å². The molecule has 100 valence electrons. The molecule has 1 nitrogen and oxygen atoms in total. The molecule has 1 aromatic rings. The van der Waals surface area contributed by atoms with E-state index < -0.39 is 0 Å². The van der Waals surface area contributed by atoms with Crippen molar-refractivity contribution in [3.63, 3.8) is 0 Å². The Morgan fingerprint density at radius 3 is 1.71 bits per heavy atom. The van der Waals surface area contributed by atoms with Crippen LogP contribution in [0.4, 0.5) is 0 Å². The molecule has 0 unspecified atom stereocenters. The van der Waals surface area contributed by atoms with Gasteiger partial charge in [-0.15, -0.1) is 0 Å². The zero-order chi connectivity index (χ0) is 13.5. The van der Waals surface area contributed by atoms with E-state index >= 15 is 0 Å². The van der Waals surface area contributed by atoms with Crippen molar-refractivity contribution in [1.82, 2.24) is 4.90 Å². The molecule has 0 heterocycles. The van der Waals surface area contributed by atoms with Crippen LogP contribution < -0.4 is 0 Å². The van der Waals surface area contributed by atoms with Gasteiger partial charge in [0.2, 0.25) is 0 Å². The van der Waals surface area contributed by atoms with Crippen molar-refractivity contribution >= 4 is 0 Å². The molecule has 0 atom stereocenters. The molecule has 0 spiro atoms. The van der Waals surface area contributed by atoms with Crippen LogP contribution >= 0.6 is 0 Å². The SMILES string of the molecule is CC.CCCC.CN(C)CCc1ccccc1. The number of hydrogen-bond acceptors (Lipinski definition) is 1. The summed E-state index contributed by atoms with van der Waals surface area (Å²) in [6.07, 6.45) is 3.79. The predicted octanol–water partition coefficient (Wildman–Crippen LogP) is 4.62. The van der Waals surface area contributed by atoms with Crippen LogP contribution in [0.1, 0.15) is 46.1 Å². The Balaban J connectivity index is 0. The van der Waals surface area contributed by atoms with E-state index in [1.54, 1.807) is 0 Å². The third kappa shape index (κ3) is 15.2. The maximum atomic E-state index is 2.20. The number of rotatable bonds is 4. The highest BCUT2D eigenvalue weighted by atomic mass is 15.0. The average Bonchev–Trinajstić information content (AvgIpc) is 2.40. The second-order valence-electron chi connectivity index (χ2n) is 4.04. The van der Waals surface area contributed by atoms with Crippen molar-refractivity contribution < 1.29 is 0 Å². The van der Waals surface area contributed by atoms with Gasteiger partial charge in [-0.3, -0.25) is 0 Å². The summed E-state index contributed by atoms with van der Waals surface area (Å²) in [6, 6.07) is 10.6. The van der Waals surface area contributed by atoms with Gasteiger partial charge in [0, 0.05) is 6.54 Å². The zero-order valence-corrected chi connectivity index (χ0v) is 12.7. The van der Waals surface area contributed by atoms with Crippen LogP contribution in [-0.2, 0) is 6.42 Å². The number of benzene rings is 1. The Morgan fingerprint density at radius 2 is 1.35 bits per heavy atom. The fourth-order valence-electron chi connectivity index (χ4n) is 0.997. The van der Waals surface area contributed by atoms with E-state index in [-0.39, 0.29) is 0 Å². The summed E-state index contributed by atoms with van der Waals surface area (Å²) in [4.78, 5) is 2.20. The lowest BCUT2D eigenvalue weighted by atomic mass is 10.1. The van der Waals surface area contributed by atoms with Crippen LogP contribution in [-0.4, -0.2) is 25.5 Å². The molecule has 0 bridgehead atoms. The topological polar surface area (TPSA) is 3.24 Å². The molecule has 1 aromatic carbocycles. The highest BCUT2D eigenvalue weighted by Crippen LogP contribution is 1.99. The van der Waals surface area contributed by atoms with Gasteiger partial charge >= 0.3 is 0 Å². The molecule has 0 aliphatic rings. The summed E-state index contributed by atoms with van der Waals surface area (Å²) in [5.41, 5.74) is 1.42. The van der Waals surface area contributed by atoms with Gasteiger partial charge < -0.3 is 4.90 Å². The first-order chi connectivity index (χ1) is 8.20. The molecule has 1 heteroatoms. The molecule has 0 N–H and O–H groups in total. The molecule has 0 saturated heterocycles. The van der Waals surface area contributed by atoms with Crippen LogP contribution in [0, 0.1) is 0 Å². The predicted molar refractivity (Wildman–Crippen MR) is 80.6 cm³/mol. The molecule has 1 rings (SSSR count). The Labute approximate surface area is 109 Å². The van der Waals surface area contributed by atoms with Gasteiger partial charge in [0.15, 0.2) is 0 Å². The van der Waals surface area contributed by atoms with Crippen molar-refractivity contribution in [3.05, 3.63) is 35.9 Å². The fraction of sp³-hybridized carbons (Fsp3) is 0.625. The van der Waals surface area contributed by atoms with Gasteiger partial charge in [0.25, 0.3) is 0 Å². The molecule has 0 fully saturated rings. The van der Waals surface area contributed by atoms with E-state index in [2.05, 4.69) is 63.2 Å². The zero-order valence-electron chi connectivity index (χ0n) is 12.7. The van der Waals surface area contributed by atoms with Gasteiger partial charge in [0.1, 0.15) is 0 Å². The maximum absolute atomic E-state index is 2.20. The van der Waals surface area contributed by atoms with Crippen molar-refractivity contribution in [1.29, 1.82) is 0 Å². The lowest BCUT2D eigenvalue weighted by molar-refractivity contribution is 0.413. The van der Waals surface area contributed by atoms with Gasteiger partial charge in [-0.1, -0.05) is 70.9 Å². The van der Waals surface area contributed by atoms with Crippen LogP contribution in [0.3, 0.4) is 0 Å². The minimum Gasteiger partial charge on any atom is -0.309 e. The lowest BCUT2D eigenvalue weighted by Gasteiger charge is -2.08. The van der Waals surface area contributed by atoms with E-state index in [1.165, 1.54) is 18.4 Å². The lowest BCUT2D eigenvalue weighted by Crippen LogP contribution is -2.14. The highest BCUT2D eigenvalue weighted by Gasteiger charge is 1.91. The molecule has 0 aliphatic heterocycles. The standard InChI is InChI=1S/C10H15N.C4H10.C2H6/c1-11(2)9-8-10-6-4-3-5-7-10;1-3-4-2;1-2/h3-7H,8-9H2,1-2H3;3-4H2,1-2H3;1-2H3. The molecule has 17 heavy (non-hydrogen) atoms. The summed E-state index contributed by atoms with van der Waals surface area (Å²) in [5, 5.41) is 0. The first-order valence-electron chi connectivity index (χ1n) is 6.89. The van der Waals surface area contributed by atoms with Crippen LogP contribution in [0.2, 0.25) is 0 Å². The second kappa shape index (κ2) is 15.2. The minimum absolute atomic E-state index is 1.13. The monoisotopic (exact) mass is 237 g/mol. The Kier molecular flexibility index (Phi) is 16.6. The molecular weight excluding hydrogens is 206 g/mol. The molecule has 0 aromatic heterocycles. The normalized spacial score (nSPS) is 8.88. The van der Waals surface area contributed by atoms with Crippen LogP contribution in [0.15, 0.2) is 30.3 Å². The number of nitrogens with zero attached hydrogens (tertiary/aromatic N) is 1. The maximum Gasteiger partial charge on any atom is 0.00157 e. The Bertz CT molecular complexity index is 214. The summed E-state index contributed by atoms with van der Waals surface area (Å²) >= 11 is 0. The Hall–Kier alpha value is -0.820. The number of likely N-dealkylation sites (N-methyl/N-ethyl adjacent to an activating group) is 1. The molecular formula is C16H31N. The number of hydrogen-bond donors (Lipinski definition) is 0. The average molecular weight is 237 g/mol. The molecule has 0 saturated carbocycles. The van der Waals surface area contributed by atoms with Gasteiger partial charge in [-0.25, -0.2) is 0 Å². The number of unbranched alkanes of at least 4 members (excludes halogenated alkanes) is 1. The van der Waals surface area contributed by atoms with Crippen molar-refractivity contribution in [2.75, 3.05) is 20.6 Å². The van der Waals surface area contributed by atoms with E-state index in [0.717, 1.165) is 13.0 Å². The summed E-state index contributed by atoms with van der Waals surface area (Å²) in [5.74, 6) is 0. The van der Waals surface area contributed by atoms with Crippen molar-refractivity contribution in [2.45, 2.75) is 47.0 Å². The van der Waals surface area contributed by atoms with Gasteiger partial charge in [0.05, 0.1) is 0 Å². The van der Waals surface area contributed by atoms with Gasteiger partial charge in [-0.05, 0) is 26.1 Å². The van der Waals surface area contributed by atoms with Crippen molar-refractivity contribution in [3.8, 4) is 0 Å². The van der Waals surface area contributed by atoms with Crippen LogP contribution in [0.25, 0.3) is 0 Å². The smallest absolute Gasteiger partial charge is 0.00157 e. The van der Waals surface area contributed by atoms with E-state index in [1.807, 2.05) is 13.8 Å². The van der Waals surface area contributed by atoms with E-state index in [9.17, 15) is 0 Å². The van der Waals surface area contributed by atoms with E-state index in [0.29, 0.717) is 0 Å². The largest absolute Gasteiger partial charge is 0.309 e. The second-order valence-corrected chi connectivity index (χ2v) is 4.04. The van der Waals surface area contributed by atoms with Gasteiger partial charge in [-0.2, -0.15) is 0 Å². The molecule has 0 amide bonds. The first kappa shape index (κ1) is 18.5.